The van der Waals surface area contributed by atoms with Gasteiger partial charge in [0, 0.05) is 51.4 Å². The number of rotatable bonds is 4. The molecule has 2 aromatic heterocycles. The third-order valence-corrected chi connectivity index (χ3v) is 5.88. The number of aromatic nitrogens is 2. The molecule has 0 amide bonds. The molecule has 3 aromatic rings. The number of fused-ring (bicyclic) bond motifs is 1. The molecule has 1 N–H and O–H groups in total. The number of phenols is 1. The van der Waals surface area contributed by atoms with Crippen molar-refractivity contribution in [2.75, 3.05) is 31.1 Å². The normalized spacial score (nSPS) is 14.9. The number of hydrogen-bond acceptors (Lipinski definition) is 7. The predicted molar refractivity (Wildman–Crippen MR) is 119 cm³/mol. The molecule has 178 valence electrons. The highest BCUT2D eigenvalue weighted by Crippen LogP contribution is 2.31. The average Bonchev–Trinajstić information content (AvgIpc) is 2.77. The highest BCUT2D eigenvalue weighted by molar-refractivity contribution is 6.29. The Labute approximate surface area is 197 Å². The molecule has 0 radical (unpaired) electrons. The number of phenolic OH excluding ortho intramolecular Hbond substituents is 1. The van der Waals surface area contributed by atoms with Gasteiger partial charge in [-0.15, -0.1) is 13.2 Å². The van der Waals surface area contributed by atoms with E-state index in [1.807, 2.05) is 15.9 Å². The van der Waals surface area contributed by atoms with Crippen molar-refractivity contribution in [3.8, 4) is 17.6 Å². The van der Waals surface area contributed by atoms with Crippen LogP contribution in [0.15, 0.2) is 35.1 Å². The van der Waals surface area contributed by atoms with E-state index in [0.717, 1.165) is 12.1 Å². The molecule has 0 bridgehead atoms. The molecule has 1 fully saturated rings. The van der Waals surface area contributed by atoms with Gasteiger partial charge in [-0.2, -0.15) is 5.26 Å². The van der Waals surface area contributed by atoms with Gasteiger partial charge in [-0.25, -0.2) is 4.98 Å². The molecule has 1 aliphatic rings. The van der Waals surface area contributed by atoms with Crippen LogP contribution in [0.1, 0.15) is 11.1 Å². The van der Waals surface area contributed by atoms with Crippen LogP contribution >= 0.6 is 11.6 Å². The largest absolute Gasteiger partial charge is 0.573 e. The summed E-state index contributed by atoms with van der Waals surface area (Å²) in [6, 6.07) is 8.73. The molecule has 34 heavy (non-hydrogen) atoms. The number of aromatic hydroxyl groups is 1. The lowest BCUT2D eigenvalue weighted by Crippen LogP contribution is -2.47. The summed E-state index contributed by atoms with van der Waals surface area (Å²) in [5.74, 6) is -0.793. The molecule has 0 atom stereocenters. The zero-order valence-electron chi connectivity index (χ0n) is 17.9. The highest BCUT2D eigenvalue weighted by atomic mass is 35.5. The Morgan fingerprint density at radius 3 is 2.53 bits per heavy atom. The summed E-state index contributed by atoms with van der Waals surface area (Å²) in [7, 11) is 1.57. The molecule has 1 aliphatic heterocycles. The fraction of sp³-hybridized carbons (Fsp3) is 0.318. The van der Waals surface area contributed by atoms with E-state index in [1.54, 1.807) is 19.2 Å². The van der Waals surface area contributed by atoms with E-state index < -0.39 is 17.7 Å². The highest BCUT2D eigenvalue weighted by Gasteiger charge is 2.31. The van der Waals surface area contributed by atoms with Gasteiger partial charge in [-0.05, 0) is 18.2 Å². The Bertz CT molecular complexity index is 1340. The minimum absolute atomic E-state index is 0.0175. The van der Waals surface area contributed by atoms with E-state index in [2.05, 4.69) is 9.72 Å². The van der Waals surface area contributed by atoms with Crippen molar-refractivity contribution in [2.24, 2.45) is 7.05 Å². The van der Waals surface area contributed by atoms with E-state index in [0.29, 0.717) is 55.0 Å². The van der Waals surface area contributed by atoms with E-state index in [9.17, 15) is 28.3 Å². The van der Waals surface area contributed by atoms with Gasteiger partial charge in [-0.3, -0.25) is 9.69 Å². The Hall–Kier alpha value is -3.49. The predicted octanol–water partition coefficient (Wildman–Crippen LogP) is 3.38. The maximum absolute atomic E-state index is 12.8. The number of pyridine rings is 2. The number of hydrogen-bond donors (Lipinski definition) is 1. The number of halogens is 4. The van der Waals surface area contributed by atoms with Gasteiger partial charge in [0.2, 0.25) is 0 Å². The number of aryl methyl sites for hydroxylation is 1. The van der Waals surface area contributed by atoms with Crippen LogP contribution in [0.2, 0.25) is 5.15 Å². The topological polar surface area (TPSA) is 94.6 Å². The van der Waals surface area contributed by atoms with Crippen LogP contribution in [0.5, 0.6) is 11.5 Å². The quantitative estimate of drug-likeness (QED) is 0.557. The van der Waals surface area contributed by atoms with Crippen molar-refractivity contribution < 1.29 is 23.0 Å². The lowest BCUT2D eigenvalue weighted by atomic mass is 10.1. The summed E-state index contributed by atoms with van der Waals surface area (Å²) in [5, 5.41) is 20.1. The van der Waals surface area contributed by atoms with Gasteiger partial charge in [0.1, 0.15) is 33.8 Å². The second-order valence-corrected chi connectivity index (χ2v) is 8.19. The molecule has 4 rings (SSSR count). The van der Waals surface area contributed by atoms with Crippen molar-refractivity contribution in [1.29, 1.82) is 5.26 Å². The fourth-order valence-electron chi connectivity index (χ4n) is 4.02. The Morgan fingerprint density at radius 2 is 1.91 bits per heavy atom. The van der Waals surface area contributed by atoms with Crippen molar-refractivity contribution in [3.05, 3.63) is 57.0 Å². The summed E-state index contributed by atoms with van der Waals surface area (Å²) in [5.41, 5.74) is 1.44. The number of benzene rings is 1. The molecule has 1 aromatic carbocycles. The molecule has 0 spiro atoms. The van der Waals surface area contributed by atoms with Gasteiger partial charge in [0.05, 0.1) is 11.2 Å². The number of nitrogens with zero attached hydrogens (tertiary/aromatic N) is 5. The Kier molecular flexibility index (Phi) is 6.29. The van der Waals surface area contributed by atoms with Gasteiger partial charge in [-0.1, -0.05) is 17.7 Å². The smallest absolute Gasteiger partial charge is 0.507 e. The molecule has 8 nitrogen and oxygen atoms in total. The Morgan fingerprint density at radius 1 is 1.21 bits per heavy atom. The first kappa shape index (κ1) is 23.7. The molecule has 0 aliphatic carbocycles. The van der Waals surface area contributed by atoms with Crippen LogP contribution in [-0.2, 0) is 13.6 Å². The Balaban J connectivity index is 1.54. The van der Waals surface area contributed by atoms with Gasteiger partial charge in [0.25, 0.3) is 5.56 Å². The second kappa shape index (κ2) is 9.04. The van der Waals surface area contributed by atoms with E-state index in [1.165, 1.54) is 10.6 Å². The van der Waals surface area contributed by atoms with Crippen LogP contribution in [0, 0.1) is 11.3 Å². The zero-order valence-corrected chi connectivity index (χ0v) is 18.7. The molecule has 0 unspecified atom stereocenters. The average molecular weight is 494 g/mol. The maximum Gasteiger partial charge on any atom is 0.573 e. The van der Waals surface area contributed by atoms with Crippen LogP contribution < -0.4 is 15.2 Å². The monoisotopic (exact) mass is 493 g/mol. The van der Waals surface area contributed by atoms with Gasteiger partial charge in [0.15, 0.2) is 0 Å². The fourth-order valence-corrected chi connectivity index (χ4v) is 4.17. The van der Waals surface area contributed by atoms with E-state index >= 15 is 0 Å². The van der Waals surface area contributed by atoms with Crippen molar-refractivity contribution >= 4 is 28.3 Å². The van der Waals surface area contributed by atoms with Crippen LogP contribution in [-0.4, -0.2) is 52.1 Å². The molecule has 1 saturated heterocycles. The molecular formula is C22H19ClF3N5O3. The zero-order chi connectivity index (χ0) is 24.6. The third kappa shape index (κ3) is 4.73. The third-order valence-electron chi connectivity index (χ3n) is 5.67. The summed E-state index contributed by atoms with van der Waals surface area (Å²) >= 11 is 6.09. The van der Waals surface area contributed by atoms with Crippen molar-refractivity contribution in [2.45, 2.75) is 12.9 Å². The second-order valence-electron chi connectivity index (χ2n) is 7.80. The number of ether oxygens (including phenoxy) is 1. The SMILES string of the molecule is Cn1c(=O)c(C#N)c(N2CCN(Cc3ccc(OC(F)(F)F)cc3O)CC2)c2nc(Cl)ccc21. The van der Waals surface area contributed by atoms with E-state index in [-0.39, 0.29) is 16.5 Å². The number of alkyl halides is 3. The number of anilines is 1. The first-order valence-electron chi connectivity index (χ1n) is 10.2. The standard InChI is InChI=1S/C22H19ClF3N5O3/c1-29-16-4-5-18(23)28-19(16)20(15(11-27)21(29)33)31-8-6-30(7-9-31)12-13-2-3-14(10-17(13)32)34-22(24,25)26/h2-5,10,32H,6-9,12H2,1H3. The van der Waals surface area contributed by atoms with Crippen LogP contribution in [0.4, 0.5) is 18.9 Å². The van der Waals surface area contributed by atoms with Gasteiger partial charge < -0.3 is 19.3 Å². The first-order valence-corrected chi connectivity index (χ1v) is 10.6. The maximum atomic E-state index is 12.8. The first-order chi connectivity index (χ1) is 16.1. The van der Waals surface area contributed by atoms with Gasteiger partial charge >= 0.3 is 6.36 Å². The summed E-state index contributed by atoms with van der Waals surface area (Å²) in [4.78, 5) is 21.0. The van der Waals surface area contributed by atoms with Crippen LogP contribution in [0.3, 0.4) is 0 Å². The lowest BCUT2D eigenvalue weighted by Gasteiger charge is -2.36. The van der Waals surface area contributed by atoms with E-state index in [4.69, 9.17) is 11.6 Å². The lowest BCUT2D eigenvalue weighted by molar-refractivity contribution is -0.274. The molecule has 0 saturated carbocycles. The molecule has 12 heteroatoms. The number of nitriles is 1. The van der Waals surface area contributed by atoms with Crippen molar-refractivity contribution in [3.63, 3.8) is 0 Å². The molecule has 3 heterocycles. The van der Waals surface area contributed by atoms with Crippen molar-refractivity contribution in [1.82, 2.24) is 14.5 Å². The summed E-state index contributed by atoms with van der Waals surface area (Å²) < 4.78 is 42.3. The van der Waals surface area contributed by atoms with Crippen LogP contribution in [0.25, 0.3) is 11.0 Å². The summed E-state index contributed by atoms with van der Waals surface area (Å²) in [6.07, 6.45) is -4.84. The minimum Gasteiger partial charge on any atom is -0.507 e. The number of piperazine rings is 1. The minimum atomic E-state index is -4.84. The summed E-state index contributed by atoms with van der Waals surface area (Å²) in [6.45, 7) is 2.26. The molecular weight excluding hydrogens is 475 g/mol.